The van der Waals surface area contributed by atoms with Gasteiger partial charge in [-0.25, -0.2) is 0 Å². The summed E-state index contributed by atoms with van der Waals surface area (Å²) >= 11 is 0. The summed E-state index contributed by atoms with van der Waals surface area (Å²) in [4.78, 5) is 13.6. The lowest BCUT2D eigenvalue weighted by Crippen LogP contribution is -2.20. The molecule has 0 bridgehead atoms. The number of nitrogens with one attached hydrogen (secondary N) is 4. The van der Waals surface area contributed by atoms with Crippen molar-refractivity contribution in [2.75, 3.05) is 0 Å². The van der Waals surface area contributed by atoms with Gasteiger partial charge in [0.05, 0.1) is 33.6 Å². The highest BCUT2D eigenvalue weighted by Gasteiger charge is 2.33. The van der Waals surface area contributed by atoms with Crippen molar-refractivity contribution in [2.45, 2.75) is 38.5 Å². The van der Waals surface area contributed by atoms with Crippen LogP contribution in [-0.2, 0) is 10.8 Å². The fraction of sp³-hybridized carbons (Fsp3) is 0.231. The van der Waals surface area contributed by atoms with Crippen molar-refractivity contribution in [3.63, 3.8) is 0 Å². The molecule has 5 heteroatoms. The first kappa shape index (κ1) is 19.4. The van der Waals surface area contributed by atoms with Gasteiger partial charge in [0, 0.05) is 23.8 Å². The molecule has 5 rings (SSSR count). The van der Waals surface area contributed by atoms with E-state index in [2.05, 4.69) is 96.2 Å². The molecule has 0 fully saturated rings. The second-order valence-corrected chi connectivity index (χ2v) is 9.15. The number of furan rings is 1. The van der Waals surface area contributed by atoms with Gasteiger partial charge in [-0.15, -0.1) is 0 Å². The van der Waals surface area contributed by atoms with Crippen molar-refractivity contribution in [2.24, 2.45) is 0 Å². The van der Waals surface area contributed by atoms with E-state index in [0.29, 0.717) is 0 Å². The first-order valence-electron chi connectivity index (χ1n) is 10.6. The van der Waals surface area contributed by atoms with E-state index in [9.17, 15) is 0 Å². The third-order valence-corrected chi connectivity index (χ3v) is 6.33. The quantitative estimate of drug-likeness (QED) is 0.250. The van der Waals surface area contributed by atoms with Crippen LogP contribution in [0, 0.1) is 0 Å². The van der Waals surface area contributed by atoms with Gasteiger partial charge in [0.15, 0.2) is 0 Å². The van der Waals surface area contributed by atoms with Crippen LogP contribution in [-0.4, -0.2) is 19.9 Å². The summed E-state index contributed by atoms with van der Waals surface area (Å²) in [5.41, 5.74) is 5.95. The maximum Gasteiger partial charge on any atom is 0.115 e. The Labute approximate surface area is 181 Å². The Balaban J connectivity index is 1.43. The van der Waals surface area contributed by atoms with Crippen molar-refractivity contribution in [3.8, 4) is 22.8 Å². The molecule has 5 aromatic rings. The highest BCUT2D eigenvalue weighted by Crippen LogP contribution is 2.38. The standard InChI is InChI=1S/C26H28N4O/c1-25(2,21-11-9-19(29-21)17-7-5-15-27-17)23-13-14-24(31-23)26(3,4)22-12-10-20(30-22)18-8-6-16-28-18/h5-16,27-30H,1-4H3. The van der Waals surface area contributed by atoms with E-state index in [0.717, 1.165) is 45.7 Å². The number of rotatable bonds is 6. The predicted molar refractivity (Wildman–Crippen MR) is 124 cm³/mol. The molecule has 5 aromatic heterocycles. The lowest BCUT2D eigenvalue weighted by atomic mass is 9.86. The maximum atomic E-state index is 6.47. The van der Waals surface area contributed by atoms with Crippen LogP contribution in [0.15, 0.2) is 77.5 Å². The molecule has 0 aliphatic carbocycles. The Kier molecular flexibility index (Phi) is 4.36. The van der Waals surface area contributed by atoms with Crippen LogP contribution in [0.25, 0.3) is 22.8 Å². The van der Waals surface area contributed by atoms with E-state index >= 15 is 0 Å². The number of aromatic amines is 4. The van der Waals surface area contributed by atoms with Crippen LogP contribution >= 0.6 is 0 Å². The monoisotopic (exact) mass is 412 g/mol. The summed E-state index contributed by atoms with van der Waals surface area (Å²) in [5, 5.41) is 0. The zero-order valence-corrected chi connectivity index (χ0v) is 18.3. The Morgan fingerprint density at radius 2 is 1.00 bits per heavy atom. The van der Waals surface area contributed by atoms with Gasteiger partial charge >= 0.3 is 0 Å². The van der Waals surface area contributed by atoms with E-state index < -0.39 is 0 Å². The van der Waals surface area contributed by atoms with Crippen molar-refractivity contribution < 1.29 is 4.42 Å². The molecule has 0 unspecified atom stereocenters. The van der Waals surface area contributed by atoms with Crippen LogP contribution in [0.5, 0.6) is 0 Å². The third kappa shape index (κ3) is 3.26. The molecule has 31 heavy (non-hydrogen) atoms. The van der Waals surface area contributed by atoms with Gasteiger partial charge in [-0.2, -0.15) is 0 Å². The smallest absolute Gasteiger partial charge is 0.115 e. The SMILES string of the molecule is CC(C)(c1ccc(-c2ccc[nH]2)[nH]1)c1ccc(C(C)(C)c2ccc(-c3ccc[nH]3)[nH]2)o1. The fourth-order valence-electron chi connectivity index (χ4n) is 4.10. The average Bonchev–Trinajstić information content (AvgIpc) is 3.58. The van der Waals surface area contributed by atoms with Crippen LogP contribution < -0.4 is 0 Å². The van der Waals surface area contributed by atoms with E-state index in [1.54, 1.807) is 0 Å². The predicted octanol–water partition coefficient (Wildman–Crippen LogP) is 6.58. The summed E-state index contributed by atoms with van der Waals surface area (Å²) in [5.74, 6) is 1.87. The van der Waals surface area contributed by atoms with Crippen LogP contribution in [0.2, 0.25) is 0 Å². The first-order valence-corrected chi connectivity index (χ1v) is 10.6. The molecule has 0 radical (unpaired) electrons. The van der Waals surface area contributed by atoms with Crippen LogP contribution in [0.1, 0.15) is 50.6 Å². The molecule has 0 aliphatic rings. The van der Waals surface area contributed by atoms with Gasteiger partial charge in [0.1, 0.15) is 11.5 Å². The zero-order chi connectivity index (χ0) is 21.6. The Bertz CT molecular complexity index is 1180. The summed E-state index contributed by atoms with van der Waals surface area (Å²) in [7, 11) is 0. The lowest BCUT2D eigenvalue weighted by Gasteiger charge is -2.24. The molecule has 5 heterocycles. The highest BCUT2D eigenvalue weighted by atomic mass is 16.3. The minimum Gasteiger partial charge on any atom is -0.464 e. The van der Waals surface area contributed by atoms with Gasteiger partial charge in [-0.3, -0.25) is 0 Å². The third-order valence-electron chi connectivity index (χ3n) is 6.33. The van der Waals surface area contributed by atoms with Gasteiger partial charge in [-0.05, 0) is 88.4 Å². The number of aromatic nitrogens is 4. The van der Waals surface area contributed by atoms with Crippen molar-refractivity contribution in [3.05, 3.63) is 96.0 Å². The number of hydrogen-bond donors (Lipinski definition) is 4. The fourth-order valence-corrected chi connectivity index (χ4v) is 4.10. The minimum atomic E-state index is -0.287. The summed E-state index contributed by atoms with van der Waals surface area (Å²) in [6.07, 6.45) is 3.87. The molecular weight excluding hydrogens is 384 g/mol. The van der Waals surface area contributed by atoms with E-state index in [-0.39, 0.29) is 10.8 Å². The Hall–Kier alpha value is -3.60. The van der Waals surface area contributed by atoms with E-state index in [1.807, 2.05) is 24.5 Å². The molecular formula is C26H28N4O. The van der Waals surface area contributed by atoms with Crippen molar-refractivity contribution >= 4 is 0 Å². The summed E-state index contributed by atoms with van der Waals surface area (Å²) in [6, 6.07) is 20.8. The molecule has 0 saturated heterocycles. The summed E-state index contributed by atoms with van der Waals surface area (Å²) in [6.45, 7) is 8.74. The second-order valence-electron chi connectivity index (χ2n) is 9.15. The minimum absolute atomic E-state index is 0.287. The Morgan fingerprint density at radius 1 is 0.548 bits per heavy atom. The maximum absolute atomic E-state index is 6.47. The molecule has 0 aromatic carbocycles. The van der Waals surface area contributed by atoms with Gasteiger partial charge in [-0.1, -0.05) is 0 Å². The molecule has 0 aliphatic heterocycles. The van der Waals surface area contributed by atoms with Gasteiger partial charge in [0.25, 0.3) is 0 Å². The number of H-pyrrole nitrogens is 4. The normalized spacial score (nSPS) is 12.5. The molecule has 158 valence electrons. The van der Waals surface area contributed by atoms with Crippen molar-refractivity contribution in [1.29, 1.82) is 0 Å². The zero-order valence-electron chi connectivity index (χ0n) is 18.3. The van der Waals surface area contributed by atoms with E-state index in [4.69, 9.17) is 4.42 Å². The lowest BCUT2D eigenvalue weighted by molar-refractivity contribution is 0.359. The highest BCUT2D eigenvalue weighted by molar-refractivity contribution is 5.57. The topological polar surface area (TPSA) is 76.3 Å². The molecule has 0 atom stereocenters. The molecule has 5 nitrogen and oxygen atoms in total. The summed E-state index contributed by atoms with van der Waals surface area (Å²) < 4.78 is 6.47. The number of hydrogen-bond acceptors (Lipinski definition) is 1. The van der Waals surface area contributed by atoms with Gasteiger partial charge < -0.3 is 24.4 Å². The first-order chi connectivity index (χ1) is 14.9. The van der Waals surface area contributed by atoms with Gasteiger partial charge in [0.2, 0.25) is 0 Å². The van der Waals surface area contributed by atoms with Crippen LogP contribution in [0.3, 0.4) is 0 Å². The molecule has 0 amide bonds. The van der Waals surface area contributed by atoms with Crippen molar-refractivity contribution in [1.82, 2.24) is 19.9 Å². The van der Waals surface area contributed by atoms with Crippen LogP contribution in [0.4, 0.5) is 0 Å². The molecule has 0 saturated carbocycles. The molecule has 0 spiro atoms. The second kappa shape index (κ2) is 6.98. The van der Waals surface area contributed by atoms with E-state index in [1.165, 1.54) is 0 Å². The molecule has 4 N–H and O–H groups in total. The Morgan fingerprint density at radius 3 is 1.39 bits per heavy atom. The largest absolute Gasteiger partial charge is 0.464 e. The average molecular weight is 413 g/mol.